The zero-order valence-corrected chi connectivity index (χ0v) is 10.9. The minimum atomic E-state index is -3.51. The third kappa shape index (κ3) is 4.07. The molecular weight excluding hydrogens is 301 g/mol. The van der Waals surface area contributed by atoms with Gasteiger partial charge in [-0.15, -0.1) is 0 Å². The summed E-state index contributed by atoms with van der Waals surface area (Å²) >= 11 is 3.13. The molecule has 16 heavy (non-hydrogen) atoms. The SMILES string of the molecule is COCCS(=O)(=O)Nc1cc(F)ccc1Br. The molecule has 1 aromatic rings. The second-order valence-electron chi connectivity index (χ2n) is 3.04. The first-order chi connectivity index (χ1) is 7.44. The van der Waals surface area contributed by atoms with E-state index in [1.165, 1.54) is 19.2 Å². The van der Waals surface area contributed by atoms with Crippen LogP contribution in [0.25, 0.3) is 0 Å². The first kappa shape index (κ1) is 13.4. The molecule has 4 nitrogen and oxygen atoms in total. The Balaban J connectivity index is 2.83. The van der Waals surface area contributed by atoms with Crippen molar-refractivity contribution in [2.45, 2.75) is 0 Å². The van der Waals surface area contributed by atoms with Crippen LogP contribution in [-0.2, 0) is 14.8 Å². The number of ether oxygens (including phenoxy) is 1. The van der Waals surface area contributed by atoms with E-state index in [9.17, 15) is 12.8 Å². The number of hydrogen-bond donors (Lipinski definition) is 1. The fourth-order valence-electron chi connectivity index (χ4n) is 0.987. The lowest BCUT2D eigenvalue weighted by atomic mass is 10.3. The van der Waals surface area contributed by atoms with Crippen molar-refractivity contribution in [1.29, 1.82) is 0 Å². The number of rotatable bonds is 5. The van der Waals surface area contributed by atoms with Crippen molar-refractivity contribution in [3.05, 3.63) is 28.5 Å². The molecular formula is C9H11BrFNO3S. The fourth-order valence-corrected chi connectivity index (χ4v) is 2.46. The van der Waals surface area contributed by atoms with Crippen LogP contribution in [-0.4, -0.2) is 27.9 Å². The van der Waals surface area contributed by atoms with E-state index in [1.54, 1.807) is 0 Å². The highest BCUT2D eigenvalue weighted by Crippen LogP contribution is 2.23. The first-order valence-electron chi connectivity index (χ1n) is 4.39. The van der Waals surface area contributed by atoms with Crippen LogP contribution in [0.3, 0.4) is 0 Å². The van der Waals surface area contributed by atoms with Gasteiger partial charge in [0.05, 0.1) is 18.0 Å². The molecule has 0 aliphatic rings. The van der Waals surface area contributed by atoms with Gasteiger partial charge in [-0.3, -0.25) is 4.72 Å². The number of halogens is 2. The van der Waals surface area contributed by atoms with Crippen molar-refractivity contribution in [3.8, 4) is 0 Å². The Labute approximate surface area is 102 Å². The maximum atomic E-state index is 12.9. The standard InChI is InChI=1S/C9H11BrFNO3S/c1-15-4-5-16(13,14)12-9-6-7(11)2-3-8(9)10/h2-3,6,12H,4-5H2,1H3. The van der Waals surface area contributed by atoms with Crippen molar-refractivity contribution in [2.24, 2.45) is 0 Å². The number of anilines is 1. The lowest BCUT2D eigenvalue weighted by molar-refractivity contribution is 0.217. The van der Waals surface area contributed by atoms with E-state index in [0.717, 1.165) is 6.07 Å². The van der Waals surface area contributed by atoms with Gasteiger partial charge in [0.15, 0.2) is 0 Å². The first-order valence-corrected chi connectivity index (χ1v) is 6.83. The minimum absolute atomic E-state index is 0.0856. The van der Waals surface area contributed by atoms with E-state index < -0.39 is 15.8 Å². The van der Waals surface area contributed by atoms with Crippen LogP contribution in [0.15, 0.2) is 22.7 Å². The van der Waals surface area contributed by atoms with Gasteiger partial charge < -0.3 is 4.74 Å². The lowest BCUT2D eigenvalue weighted by Crippen LogP contribution is -2.20. The Kier molecular flexibility index (Phi) is 4.69. The minimum Gasteiger partial charge on any atom is -0.384 e. The molecule has 0 radical (unpaired) electrons. The molecule has 1 rings (SSSR count). The third-order valence-electron chi connectivity index (χ3n) is 1.75. The zero-order chi connectivity index (χ0) is 12.2. The van der Waals surface area contributed by atoms with Gasteiger partial charge in [-0.25, -0.2) is 12.8 Å². The summed E-state index contributed by atoms with van der Waals surface area (Å²) in [6.45, 7) is 0.0856. The summed E-state index contributed by atoms with van der Waals surface area (Å²) in [6, 6.07) is 3.77. The van der Waals surface area contributed by atoms with Gasteiger partial charge in [-0.1, -0.05) is 0 Å². The monoisotopic (exact) mass is 311 g/mol. The van der Waals surface area contributed by atoms with E-state index in [4.69, 9.17) is 0 Å². The quantitative estimate of drug-likeness (QED) is 0.904. The largest absolute Gasteiger partial charge is 0.384 e. The molecule has 0 saturated heterocycles. The molecule has 1 aromatic carbocycles. The molecule has 0 bridgehead atoms. The van der Waals surface area contributed by atoms with Gasteiger partial charge in [0.25, 0.3) is 0 Å². The molecule has 0 saturated carbocycles. The summed E-state index contributed by atoms with van der Waals surface area (Å²) in [5.74, 6) is -0.681. The maximum absolute atomic E-state index is 12.9. The Bertz CT molecular complexity index is 464. The van der Waals surface area contributed by atoms with Crippen LogP contribution < -0.4 is 4.72 Å². The van der Waals surface area contributed by atoms with Gasteiger partial charge in [0, 0.05) is 11.6 Å². The number of nitrogens with one attached hydrogen (secondary N) is 1. The molecule has 0 aromatic heterocycles. The average molecular weight is 312 g/mol. The average Bonchev–Trinajstić information content (AvgIpc) is 2.20. The Morgan fingerprint density at radius 3 is 2.81 bits per heavy atom. The Morgan fingerprint density at radius 1 is 1.50 bits per heavy atom. The lowest BCUT2D eigenvalue weighted by Gasteiger charge is -2.09. The molecule has 90 valence electrons. The predicted octanol–water partition coefficient (Wildman–Crippen LogP) is 1.98. The number of hydrogen-bond acceptors (Lipinski definition) is 3. The highest BCUT2D eigenvalue weighted by atomic mass is 79.9. The van der Waals surface area contributed by atoms with E-state index in [1.807, 2.05) is 0 Å². The Morgan fingerprint density at radius 2 is 2.19 bits per heavy atom. The summed E-state index contributed by atoms with van der Waals surface area (Å²) in [4.78, 5) is 0. The van der Waals surface area contributed by atoms with Gasteiger partial charge >= 0.3 is 0 Å². The maximum Gasteiger partial charge on any atom is 0.235 e. The van der Waals surface area contributed by atoms with E-state index in [2.05, 4.69) is 25.4 Å². The molecule has 7 heteroatoms. The van der Waals surface area contributed by atoms with Crippen LogP contribution in [0.1, 0.15) is 0 Å². The second-order valence-corrected chi connectivity index (χ2v) is 5.73. The third-order valence-corrected chi connectivity index (χ3v) is 3.68. The molecule has 0 heterocycles. The van der Waals surface area contributed by atoms with Crippen LogP contribution in [0.2, 0.25) is 0 Å². The number of sulfonamides is 1. The van der Waals surface area contributed by atoms with Crippen LogP contribution in [0, 0.1) is 5.82 Å². The van der Waals surface area contributed by atoms with Crippen molar-refractivity contribution in [1.82, 2.24) is 0 Å². The van der Waals surface area contributed by atoms with Crippen LogP contribution >= 0.6 is 15.9 Å². The second kappa shape index (κ2) is 5.60. The molecule has 0 unspecified atom stereocenters. The zero-order valence-electron chi connectivity index (χ0n) is 8.54. The highest BCUT2D eigenvalue weighted by molar-refractivity contribution is 9.10. The predicted molar refractivity (Wildman–Crippen MR) is 63.4 cm³/mol. The molecule has 1 N–H and O–H groups in total. The van der Waals surface area contributed by atoms with Gasteiger partial charge in [-0.05, 0) is 34.1 Å². The fraction of sp³-hybridized carbons (Fsp3) is 0.333. The molecule has 0 spiro atoms. The van der Waals surface area contributed by atoms with Crippen molar-refractivity contribution in [2.75, 3.05) is 24.2 Å². The molecule has 0 fully saturated rings. The molecule has 0 aliphatic carbocycles. The van der Waals surface area contributed by atoms with Crippen LogP contribution in [0.5, 0.6) is 0 Å². The van der Waals surface area contributed by atoms with E-state index in [-0.39, 0.29) is 18.0 Å². The summed E-state index contributed by atoms with van der Waals surface area (Å²) in [5.41, 5.74) is 0.177. The van der Waals surface area contributed by atoms with Crippen molar-refractivity contribution < 1.29 is 17.5 Å². The Hall–Kier alpha value is -0.660. The van der Waals surface area contributed by atoms with Crippen molar-refractivity contribution in [3.63, 3.8) is 0 Å². The normalized spacial score (nSPS) is 11.4. The summed E-state index contributed by atoms with van der Waals surface area (Å²) in [7, 11) is -2.10. The summed E-state index contributed by atoms with van der Waals surface area (Å²) in [5, 5.41) is 0. The number of benzene rings is 1. The smallest absolute Gasteiger partial charge is 0.235 e. The molecule has 0 amide bonds. The van der Waals surface area contributed by atoms with Crippen molar-refractivity contribution >= 4 is 31.6 Å². The van der Waals surface area contributed by atoms with Crippen LogP contribution in [0.4, 0.5) is 10.1 Å². The molecule has 0 atom stereocenters. The topological polar surface area (TPSA) is 55.4 Å². The number of methoxy groups -OCH3 is 1. The van der Waals surface area contributed by atoms with Gasteiger partial charge in [0.2, 0.25) is 10.0 Å². The summed E-state index contributed by atoms with van der Waals surface area (Å²) in [6.07, 6.45) is 0. The summed E-state index contributed by atoms with van der Waals surface area (Å²) < 4.78 is 43.3. The van der Waals surface area contributed by atoms with Gasteiger partial charge in [0.1, 0.15) is 5.82 Å². The van der Waals surface area contributed by atoms with Gasteiger partial charge in [-0.2, -0.15) is 0 Å². The van der Waals surface area contributed by atoms with E-state index in [0.29, 0.717) is 4.47 Å². The molecule has 0 aliphatic heterocycles. The highest BCUT2D eigenvalue weighted by Gasteiger charge is 2.12. The van der Waals surface area contributed by atoms with E-state index >= 15 is 0 Å².